The normalized spacial score (nSPS) is 17.8. The molecule has 0 saturated carbocycles. The lowest BCUT2D eigenvalue weighted by Gasteiger charge is -2.48. The molecule has 1 fully saturated rings. The van der Waals surface area contributed by atoms with Gasteiger partial charge in [0.1, 0.15) is 0 Å². The van der Waals surface area contributed by atoms with Gasteiger partial charge in [-0.1, -0.05) is 47.5 Å². The van der Waals surface area contributed by atoms with E-state index in [1.54, 1.807) is 6.33 Å². The van der Waals surface area contributed by atoms with Crippen LogP contribution >= 0.6 is 23.2 Å². The largest absolute Gasteiger partial charge is 0.465 e. The first-order chi connectivity index (χ1) is 19.7. The van der Waals surface area contributed by atoms with Gasteiger partial charge in [0.15, 0.2) is 17.0 Å². The van der Waals surface area contributed by atoms with Gasteiger partial charge in [-0.2, -0.15) is 9.97 Å². The van der Waals surface area contributed by atoms with Gasteiger partial charge in [0.25, 0.3) is 0 Å². The minimum atomic E-state index is -0.995. The molecule has 0 bridgehead atoms. The lowest BCUT2D eigenvalue weighted by molar-refractivity contribution is 0.129. The third kappa shape index (κ3) is 6.03. The van der Waals surface area contributed by atoms with Gasteiger partial charge < -0.3 is 19.5 Å². The summed E-state index contributed by atoms with van der Waals surface area (Å²) in [4.78, 5) is 31.1. The van der Waals surface area contributed by atoms with Gasteiger partial charge in [0, 0.05) is 55.4 Å². The SMILES string of the molecule is C[C@@H]1CN(c2nc(NN)nc3c2ncn3CCN(C)C(=O)O)[C@@H](C)CN1C(c1ccc(Cl)cc1)c1ccc(Cl)cc1. The predicted octanol–water partition coefficient (Wildman–Crippen LogP) is 4.72. The lowest BCUT2D eigenvalue weighted by atomic mass is 9.93. The van der Waals surface area contributed by atoms with Crippen LogP contribution in [0.4, 0.5) is 16.6 Å². The number of hydrogen-bond donors (Lipinski definition) is 3. The number of amides is 1. The van der Waals surface area contributed by atoms with Gasteiger partial charge in [0.05, 0.1) is 12.4 Å². The smallest absolute Gasteiger partial charge is 0.407 e. The molecule has 5 rings (SSSR count). The Hall–Kier alpha value is -3.64. The Morgan fingerprint density at radius 3 is 2.22 bits per heavy atom. The first-order valence-electron chi connectivity index (χ1n) is 13.3. The fourth-order valence-electron chi connectivity index (χ4n) is 5.38. The number of fused-ring (bicyclic) bond motifs is 1. The van der Waals surface area contributed by atoms with E-state index in [0.717, 1.165) is 17.7 Å². The first-order valence-corrected chi connectivity index (χ1v) is 14.1. The van der Waals surface area contributed by atoms with Gasteiger partial charge in [-0.15, -0.1) is 0 Å². The van der Waals surface area contributed by atoms with E-state index in [4.69, 9.17) is 34.0 Å². The topological polar surface area (TPSA) is 129 Å². The summed E-state index contributed by atoms with van der Waals surface area (Å²) in [5.41, 5.74) is 6.10. The molecule has 2 atom stereocenters. The standard InChI is InChI=1S/C28H33Cl2N9O2/c1-17-15-39(26-23-25(33-27(34-26)35-31)37(16-32-23)13-12-36(3)28(40)41)18(2)14-38(17)24(19-4-8-21(29)9-5-19)20-6-10-22(30)11-7-20/h4-11,16-18,24H,12-15,31H2,1-3H3,(H,40,41)(H,33,34,35)/t17-,18+/m1/s1. The monoisotopic (exact) mass is 597 g/mol. The summed E-state index contributed by atoms with van der Waals surface area (Å²) in [6.07, 6.45) is 0.672. The van der Waals surface area contributed by atoms with Crippen molar-refractivity contribution in [2.75, 3.05) is 37.0 Å². The van der Waals surface area contributed by atoms with Crippen molar-refractivity contribution < 1.29 is 9.90 Å². The van der Waals surface area contributed by atoms with Gasteiger partial charge in [-0.3, -0.25) is 10.3 Å². The van der Waals surface area contributed by atoms with Crippen LogP contribution in [0.5, 0.6) is 0 Å². The molecule has 2 aromatic carbocycles. The third-order valence-electron chi connectivity index (χ3n) is 7.59. The molecule has 216 valence electrons. The number of likely N-dealkylation sites (N-methyl/N-ethyl adjacent to an activating group) is 1. The average molecular weight is 599 g/mol. The number of carbonyl (C=O) groups is 1. The van der Waals surface area contributed by atoms with E-state index in [1.165, 1.54) is 11.9 Å². The number of nitrogens with two attached hydrogens (primary N) is 1. The summed E-state index contributed by atoms with van der Waals surface area (Å²) in [6.45, 7) is 6.49. The van der Waals surface area contributed by atoms with Crippen LogP contribution in [0.25, 0.3) is 11.2 Å². The second-order valence-electron chi connectivity index (χ2n) is 10.4. The van der Waals surface area contributed by atoms with Crippen LogP contribution in [0.15, 0.2) is 54.9 Å². The number of nitrogens with one attached hydrogen (secondary N) is 1. The molecule has 41 heavy (non-hydrogen) atoms. The number of piperazine rings is 1. The number of rotatable bonds is 8. The minimum absolute atomic E-state index is 0.00116. The summed E-state index contributed by atoms with van der Waals surface area (Å²) < 4.78 is 1.82. The Labute approximate surface area is 248 Å². The maximum Gasteiger partial charge on any atom is 0.407 e. The quantitative estimate of drug-likeness (QED) is 0.195. The lowest BCUT2D eigenvalue weighted by Crippen LogP contribution is -2.57. The van der Waals surface area contributed by atoms with Crippen LogP contribution < -0.4 is 16.2 Å². The highest BCUT2D eigenvalue weighted by Crippen LogP contribution is 2.36. The zero-order valence-corrected chi connectivity index (χ0v) is 24.6. The molecule has 11 nitrogen and oxygen atoms in total. The predicted molar refractivity (Wildman–Crippen MR) is 162 cm³/mol. The highest BCUT2D eigenvalue weighted by molar-refractivity contribution is 6.30. The Kier molecular flexibility index (Phi) is 8.50. The van der Waals surface area contributed by atoms with Crippen molar-refractivity contribution >= 4 is 52.2 Å². The average Bonchev–Trinajstić information content (AvgIpc) is 3.37. The van der Waals surface area contributed by atoms with Gasteiger partial charge in [-0.25, -0.2) is 15.6 Å². The molecule has 1 amide bonds. The molecule has 4 aromatic rings. The maximum absolute atomic E-state index is 11.3. The molecular formula is C28H33Cl2N9O2. The van der Waals surface area contributed by atoms with E-state index in [9.17, 15) is 9.90 Å². The van der Waals surface area contributed by atoms with Crippen LogP contribution in [0.2, 0.25) is 10.0 Å². The van der Waals surface area contributed by atoms with E-state index in [1.807, 2.05) is 28.8 Å². The molecule has 3 heterocycles. The Morgan fingerprint density at radius 2 is 1.66 bits per heavy atom. The highest BCUT2D eigenvalue weighted by Gasteiger charge is 2.36. The summed E-state index contributed by atoms with van der Waals surface area (Å²) in [6, 6.07) is 16.2. The Morgan fingerprint density at radius 1 is 1.05 bits per heavy atom. The molecule has 13 heteroatoms. The Balaban J connectivity index is 1.47. The van der Waals surface area contributed by atoms with Crippen LogP contribution in [0.3, 0.4) is 0 Å². The summed E-state index contributed by atoms with van der Waals surface area (Å²) in [7, 11) is 1.53. The second kappa shape index (κ2) is 12.1. The fourth-order valence-corrected chi connectivity index (χ4v) is 5.64. The van der Waals surface area contributed by atoms with E-state index in [-0.39, 0.29) is 30.6 Å². The zero-order valence-electron chi connectivity index (χ0n) is 23.1. The van der Waals surface area contributed by atoms with E-state index in [0.29, 0.717) is 40.1 Å². The number of aromatic nitrogens is 4. The van der Waals surface area contributed by atoms with Crippen molar-refractivity contribution in [1.29, 1.82) is 0 Å². The van der Waals surface area contributed by atoms with Crippen LogP contribution in [0.1, 0.15) is 31.0 Å². The molecule has 4 N–H and O–H groups in total. The Bertz CT molecular complexity index is 1470. The van der Waals surface area contributed by atoms with Crippen LogP contribution in [-0.4, -0.2) is 79.3 Å². The first kappa shape index (κ1) is 28.9. The van der Waals surface area contributed by atoms with Crippen LogP contribution in [-0.2, 0) is 6.54 Å². The maximum atomic E-state index is 11.3. The summed E-state index contributed by atoms with van der Waals surface area (Å²) in [5.74, 6) is 6.71. The number of benzene rings is 2. The van der Waals surface area contributed by atoms with E-state index in [2.05, 4.69) is 63.3 Å². The van der Waals surface area contributed by atoms with Crippen molar-refractivity contribution in [2.45, 2.75) is 38.5 Å². The zero-order chi connectivity index (χ0) is 29.3. The molecule has 1 saturated heterocycles. The number of nitrogens with zero attached hydrogens (tertiary/aromatic N) is 7. The molecule has 1 aliphatic heterocycles. The summed E-state index contributed by atoms with van der Waals surface area (Å²) in [5, 5.41) is 10.6. The number of imidazole rings is 1. The number of carboxylic acid groups (broad SMARTS) is 1. The summed E-state index contributed by atoms with van der Waals surface area (Å²) >= 11 is 12.5. The highest BCUT2D eigenvalue weighted by atomic mass is 35.5. The molecular weight excluding hydrogens is 565 g/mol. The van der Waals surface area contributed by atoms with Crippen molar-refractivity contribution in [2.24, 2.45) is 5.84 Å². The van der Waals surface area contributed by atoms with Crippen molar-refractivity contribution in [1.82, 2.24) is 29.3 Å². The molecule has 0 aliphatic carbocycles. The molecule has 0 spiro atoms. The van der Waals surface area contributed by atoms with Crippen molar-refractivity contribution in [3.05, 3.63) is 76.0 Å². The molecule has 2 aromatic heterocycles. The van der Waals surface area contributed by atoms with Crippen molar-refractivity contribution in [3.63, 3.8) is 0 Å². The number of nitrogen functional groups attached to an aromatic ring is 1. The van der Waals surface area contributed by atoms with Gasteiger partial charge in [0.2, 0.25) is 5.95 Å². The van der Waals surface area contributed by atoms with Crippen molar-refractivity contribution in [3.8, 4) is 0 Å². The number of halogens is 2. The van der Waals surface area contributed by atoms with Gasteiger partial charge in [-0.05, 0) is 49.2 Å². The number of hydrogen-bond acceptors (Lipinski definition) is 8. The molecule has 1 aliphatic rings. The molecule has 0 radical (unpaired) electrons. The van der Waals surface area contributed by atoms with E-state index < -0.39 is 6.09 Å². The van der Waals surface area contributed by atoms with Gasteiger partial charge >= 0.3 is 6.09 Å². The minimum Gasteiger partial charge on any atom is -0.465 e. The van der Waals surface area contributed by atoms with Crippen LogP contribution in [0, 0.1) is 0 Å². The number of hydrazine groups is 1. The van der Waals surface area contributed by atoms with E-state index >= 15 is 0 Å². The fraction of sp³-hybridized carbons (Fsp3) is 0.357. The second-order valence-corrected chi connectivity index (χ2v) is 11.3. The number of anilines is 2. The molecule has 0 unspecified atom stereocenters. The third-order valence-corrected chi connectivity index (χ3v) is 8.09.